The average Bonchev–Trinajstić information content (AvgIpc) is 3.13. The molecule has 1 aliphatic rings. The van der Waals surface area contributed by atoms with Crippen molar-refractivity contribution in [1.82, 2.24) is 10.2 Å². The van der Waals surface area contributed by atoms with Crippen LogP contribution in [0.4, 0.5) is 18.2 Å². The van der Waals surface area contributed by atoms with Crippen LogP contribution in [0, 0.1) is 6.92 Å². The molecule has 2 unspecified atom stereocenters. The van der Waals surface area contributed by atoms with Crippen molar-refractivity contribution in [3.05, 3.63) is 59.7 Å². The van der Waals surface area contributed by atoms with Gasteiger partial charge in [-0.1, -0.05) is 30.3 Å². The summed E-state index contributed by atoms with van der Waals surface area (Å²) in [5, 5.41) is 4.32. The van der Waals surface area contributed by atoms with Crippen LogP contribution in [0.2, 0.25) is 0 Å². The maximum absolute atomic E-state index is 12.5. The van der Waals surface area contributed by atoms with Gasteiger partial charge in [0.15, 0.2) is 0 Å². The number of piperazine rings is 1. The molecule has 3 aromatic rings. The molecule has 2 atom stereocenters. The Morgan fingerprint density at radius 1 is 1.23 bits per heavy atom. The predicted octanol–water partition coefficient (Wildman–Crippen LogP) is 3.75. The Bertz CT molecular complexity index is 1220. The molecule has 1 aliphatic heterocycles. The van der Waals surface area contributed by atoms with E-state index in [0.29, 0.717) is 30.1 Å². The third-order valence-corrected chi connectivity index (χ3v) is 7.92. The Labute approximate surface area is 206 Å². The van der Waals surface area contributed by atoms with Crippen molar-refractivity contribution >= 4 is 43.6 Å². The highest BCUT2D eigenvalue weighted by atomic mass is 32.2. The number of carbonyl (C=O) groups excluding carboxylic acids is 1. The predicted molar refractivity (Wildman–Crippen MR) is 128 cm³/mol. The molecule has 0 aliphatic carbocycles. The van der Waals surface area contributed by atoms with Crippen LogP contribution in [0.5, 0.6) is 5.75 Å². The molecule has 7 nitrogen and oxygen atoms in total. The van der Waals surface area contributed by atoms with Crippen molar-refractivity contribution in [2.24, 2.45) is 0 Å². The number of carbonyl (C=O) groups is 1. The van der Waals surface area contributed by atoms with Crippen molar-refractivity contribution in [2.75, 3.05) is 30.5 Å². The standard InChI is InChI=1S/C23H24F3N3O4S2/c1-15-19-4-2-3-5-20(19)34-22(15)29(35(31)32)13-17(28-11-10-27-21(30)14-28)12-16-6-8-18(9-7-16)33-23(24,25)26/h2-9,17H,10-14H2,1H3,(H,27,30)(H,31,32)/p-1. The van der Waals surface area contributed by atoms with Crippen molar-refractivity contribution in [1.29, 1.82) is 0 Å². The zero-order valence-electron chi connectivity index (χ0n) is 18.7. The first kappa shape index (κ1) is 25.4. The smallest absolute Gasteiger partial charge is 0.573 e. The van der Waals surface area contributed by atoms with Gasteiger partial charge in [0.1, 0.15) is 10.8 Å². The number of hydrogen-bond donors (Lipinski definition) is 1. The number of alkyl halides is 3. The quantitative estimate of drug-likeness (QED) is 0.452. The van der Waals surface area contributed by atoms with Crippen LogP contribution in [0.15, 0.2) is 48.5 Å². The molecular formula is C23H23F3N3O4S2-. The number of halogens is 3. The lowest BCUT2D eigenvalue weighted by Gasteiger charge is -2.38. The van der Waals surface area contributed by atoms with Crippen LogP contribution in [0.25, 0.3) is 10.1 Å². The number of nitrogens with zero attached hydrogens (tertiary/aromatic N) is 2. The first-order valence-electron chi connectivity index (χ1n) is 10.8. The summed E-state index contributed by atoms with van der Waals surface area (Å²) in [6, 6.07) is 12.7. The average molecular weight is 527 g/mol. The van der Waals surface area contributed by atoms with Gasteiger partial charge >= 0.3 is 6.36 Å². The van der Waals surface area contributed by atoms with E-state index in [4.69, 9.17) is 0 Å². The lowest BCUT2D eigenvalue weighted by atomic mass is 10.0. The fourth-order valence-corrected chi connectivity index (χ4v) is 6.17. The molecule has 35 heavy (non-hydrogen) atoms. The summed E-state index contributed by atoms with van der Waals surface area (Å²) in [5.74, 6) is -0.499. The molecule has 1 aromatic heterocycles. The number of hydrogen-bond acceptors (Lipinski definition) is 6. The second-order valence-corrected chi connectivity index (χ2v) is 10.1. The zero-order valence-corrected chi connectivity index (χ0v) is 20.3. The second kappa shape index (κ2) is 10.5. The summed E-state index contributed by atoms with van der Waals surface area (Å²) in [6.45, 7) is 3.01. The van der Waals surface area contributed by atoms with Gasteiger partial charge in [-0.2, -0.15) is 0 Å². The number of amides is 1. The Balaban J connectivity index is 1.61. The van der Waals surface area contributed by atoms with E-state index in [1.165, 1.54) is 39.9 Å². The van der Waals surface area contributed by atoms with E-state index in [9.17, 15) is 26.7 Å². The van der Waals surface area contributed by atoms with Crippen LogP contribution in [0.1, 0.15) is 11.1 Å². The highest BCUT2D eigenvalue weighted by Crippen LogP contribution is 2.38. The van der Waals surface area contributed by atoms with Gasteiger partial charge in [0.2, 0.25) is 5.91 Å². The number of fused-ring (bicyclic) bond motifs is 1. The summed E-state index contributed by atoms with van der Waals surface area (Å²) >= 11 is -1.20. The Kier molecular flexibility index (Phi) is 7.64. The molecule has 1 fully saturated rings. The maximum Gasteiger partial charge on any atom is 0.573 e. The van der Waals surface area contributed by atoms with E-state index in [-0.39, 0.29) is 24.7 Å². The van der Waals surface area contributed by atoms with E-state index in [1.807, 2.05) is 36.1 Å². The molecule has 0 bridgehead atoms. The molecule has 0 saturated carbocycles. The molecule has 188 valence electrons. The normalized spacial score (nSPS) is 16.7. The molecule has 1 N–H and O–H groups in total. The molecule has 12 heteroatoms. The summed E-state index contributed by atoms with van der Waals surface area (Å²) in [4.78, 5) is 14.0. The number of rotatable bonds is 8. The first-order chi connectivity index (χ1) is 16.6. The van der Waals surface area contributed by atoms with Gasteiger partial charge in [-0.3, -0.25) is 18.2 Å². The molecular weight excluding hydrogens is 503 g/mol. The van der Waals surface area contributed by atoms with Gasteiger partial charge in [0.25, 0.3) is 0 Å². The van der Waals surface area contributed by atoms with E-state index < -0.39 is 23.7 Å². The monoisotopic (exact) mass is 526 g/mol. The van der Waals surface area contributed by atoms with Crippen molar-refractivity contribution in [2.45, 2.75) is 25.7 Å². The minimum Gasteiger partial charge on any atom is -0.755 e. The molecule has 1 amide bonds. The molecule has 4 rings (SSSR count). The zero-order chi connectivity index (χ0) is 25.2. The highest BCUT2D eigenvalue weighted by Gasteiger charge is 2.31. The van der Waals surface area contributed by atoms with Gasteiger partial charge < -0.3 is 14.6 Å². The molecule has 2 heterocycles. The van der Waals surface area contributed by atoms with E-state index in [2.05, 4.69) is 10.1 Å². The van der Waals surface area contributed by atoms with Crippen LogP contribution in [-0.4, -0.2) is 58.2 Å². The van der Waals surface area contributed by atoms with E-state index >= 15 is 0 Å². The topological polar surface area (TPSA) is 84.9 Å². The van der Waals surface area contributed by atoms with Gasteiger partial charge in [-0.25, -0.2) is 0 Å². The molecule has 0 radical (unpaired) electrons. The first-order valence-corrected chi connectivity index (χ1v) is 12.7. The minimum absolute atomic E-state index is 0.0812. The van der Waals surface area contributed by atoms with Gasteiger partial charge in [0, 0.05) is 41.6 Å². The van der Waals surface area contributed by atoms with E-state index in [0.717, 1.165) is 15.6 Å². The van der Waals surface area contributed by atoms with Crippen LogP contribution >= 0.6 is 11.3 Å². The summed E-state index contributed by atoms with van der Waals surface area (Å²) in [6.07, 6.45) is -4.46. The molecule has 0 spiro atoms. The molecule has 1 saturated heterocycles. The van der Waals surface area contributed by atoms with E-state index in [1.54, 1.807) is 0 Å². The Morgan fingerprint density at radius 3 is 2.57 bits per heavy atom. The lowest BCUT2D eigenvalue weighted by molar-refractivity contribution is -0.274. The lowest BCUT2D eigenvalue weighted by Crippen LogP contribution is -2.55. The van der Waals surface area contributed by atoms with Crippen LogP contribution in [-0.2, 0) is 22.5 Å². The fourth-order valence-electron chi connectivity index (χ4n) is 4.18. The van der Waals surface area contributed by atoms with Crippen molar-refractivity contribution in [3.8, 4) is 5.75 Å². The minimum atomic E-state index is -4.79. The van der Waals surface area contributed by atoms with Gasteiger partial charge in [0.05, 0.1) is 6.54 Å². The summed E-state index contributed by atoms with van der Waals surface area (Å²) < 4.78 is 68.4. The van der Waals surface area contributed by atoms with Gasteiger partial charge in [-0.15, -0.1) is 24.5 Å². The second-order valence-electron chi connectivity index (χ2n) is 8.18. The fraction of sp³-hybridized carbons (Fsp3) is 0.348. The van der Waals surface area contributed by atoms with Crippen molar-refractivity contribution < 1.29 is 31.5 Å². The van der Waals surface area contributed by atoms with Crippen LogP contribution < -0.4 is 14.4 Å². The number of aryl methyl sites for hydroxylation is 1. The molecule has 2 aromatic carbocycles. The van der Waals surface area contributed by atoms with Gasteiger partial charge in [-0.05, 0) is 48.1 Å². The number of ether oxygens (including phenoxy) is 1. The number of nitrogens with one attached hydrogen (secondary N) is 1. The number of thiophene rings is 1. The number of anilines is 1. The Morgan fingerprint density at radius 2 is 1.94 bits per heavy atom. The third-order valence-electron chi connectivity index (χ3n) is 5.81. The maximum atomic E-state index is 12.5. The third kappa shape index (κ3) is 6.31. The summed E-state index contributed by atoms with van der Waals surface area (Å²) in [7, 11) is 0. The SMILES string of the molecule is Cc1c(N(CC(Cc2ccc(OC(F)(F)F)cc2)N2CCNC(=O)C2)S(=O)[O-])sc2ccccc12. The van der Waals surface area contributed by atoms with Crippen molar-refractivity contribution in [3.63, 3.8) is 0 Å². The number of benzene rings is 2. The largest absolute Gasteiger partial charge is 0.755 e. The summed E-state index contributed by atoms with van der Waals surface area (Å²) in [5.41, 5.74) is 1.54. The Hall–Kier alpha value is -2.67. The highest BCUT2D eigenvalue weighted by molar-refractivity contribution is 7.81. The van der Waals surface area contributed by atoms with Crippen LogP contribution in [0.3, 0.4) is 0 Å².